The zero-order valence-corrected chi connectivity index (χ0v) is 17.1. The number of fused-ring (bicyclic) bond motifs is 1. The number of benzene rings is 2. The SMILES string of the molecule is CCc1ccc(-c2cc3c(=O)n(CC(=O)NCc4ccc(Cl)cc4)ncn3n2)cc1. The van der Waals surface area contributed by atoms with Crippen LogP contribution >= 0.6 is 11.6 Å². The van der Waals surface area contributed by atoms with Crippen LogP contribution in [-0.4, -0.2) is 25.3 Å². The van der Waals surface area contributed by atoms with Gasteiger partial charge in [0.15, 0.2) is 0 Å². The van der Waals surface area contributed by atoms with Gasteiger partial charge >= 0.3 is 0 Å². The topological polar surface area (TPSA) is 81.3 Å². The first kappa shape index (κ1) is 19.8. The van der Waals surface area contributed by atoms with Gasteiger partial charge in [-0.2, -0.15) is 10.2 Å². The van der Waals surface area contributed by atoms with Crippen LogP contribution in [0.2, 0.25) is 5.02 Å². The Kier molecular flexibility index (Phi) is 5.63. The Hall–Kier alpha value is -3.45. The van der Waals surface area contributed by atoms with E-state index in [1.54, 1.807) is 18.2 Å². The minimum Gasteiger partial charge on any atom is -0.350 e. The van der Waals surface area contributed by atoms with Gasteiger partial charge in [0.2, 0.25) is 5.91 Å². The fraction of sp³-hybridized carbons (Fsp3) is 0.182. The standard InChI is InChI=1S/C22H20ClN5O2/c1-2-15-3-7-17(8-4-15)19-11-20-22(30)27(25-14-28(20)26-19)13-21(29)24-12-16-5-9-18(23)10-6-16/h3-11,14H,2,12-13H2,1H3,(H,24,29). The molecular weight excluding hydrogens is 402 g/mol. The van der Waals surface area contributed by atoms with E-state index in [1.165, 1.54) is 16.4 Å². The molecule has 0 aliphatic heterocycles. The van der Waals surface area contributed by atoms with E-state index >= 15 is 0 Å². The van der Waals surface area contributed by atoms with Gasteiger partial charge in [0.1, 0.15) is 18.4 Å². The second-order valence-corrected chi connectivity index (χ2v) is 7.34. The molecule has 2 aromatic heterocycles. The lowest BCUT2D eigenvalue weighted by molar-refractivity contribution is -0.122. The third-order valence-electron chi connectivity index (χ3n) is 4.84. The smallest absolute Gasteiger partial charge is 0.293 e. The molecule has 30 heavy (non-hydrogen) atoms. The maximum Gasteiger partial charge on any atom is 0.293 e. The largest absolute Gasteiger partial charge is 0.350 e. The van der Waals surface area contributed by atoms with Crippen LogP contribution in [0, 0.1) is 0 Å². The maximum absolute atomic E-state index is 12.8. The van der Waals surface area contributed by atoms with Crippen molar-refractivity contribution in [3.63, 3.8) is 0 Å². The van der Waals surface area contributed by atoms with Gasteiger partial charge in [0.25, 0.3) is 5.56 Å². The van der Waals surface area contributed by atoms with E-state index in [1.807, 2.05) is 36.4 Å². The molecule has 0 saturated heterocycles. The lowest BCUT2D eigenvalue weighted by Crippen LogP contribution is -2.34. The van der Waals surface area contributed by atoms with Gasteiger partial charge in [-0.25, -0.2) is 9.20 Å². The fourth-order valence-corrected chi connectivity index (χ4v) is 3.22. The Labute approximate surface area is 177 Å². The second-order valence-electron chi connectivity index (χ2n) is 6.91. The molecule has 2 heterocycles. The molecule has 152 valence electrons. The first-order chi connectivity index (χ1) is 14.5. The van der Waals surface area contributed by atoms with Crippen LogP contribution in [0.15, 0.2) is 65.7 Å². The summed E-state index contributed by atoms with van der Waals surface area (Å²) < 4.78 is 2.58. The zero-order chi connectivity index (χ0) is 21.1. The lowest BCUT2D eigenvalue weighted by atomic mass is 10.1. The summed E-state index contributed by atoms with van der Waals surface area (Å²) >= 11 is 5.86. The van der Waals surface area contributed by atoms with E-state index in [-0.39, 0.29) is 18.0 Å². The Balaban J connectivity index is 1.50. The number of carbonyl (C=O) groups excluding carboxylic acids is 1. The molecule has 0 radical (unpaired) electrons. The van der Waals surface area contributed by atoms with Gasteiger partial charge in [0.05, 0.1) is 5.69 Å². The van der Waals surface area contributed by atoms with Crippen LogP contribution < -0.4 is 10.9 Å². The maximum atomic E-state index is 12.8. The molecule has 2 aromatic carbocycles. The highest BCUT2D eigenvalue weighted by atomic mass is 35.5. The van der Waals surface area contributed by atoms with Crippen molar-refractivity contribution < 1.29 is 4.79 Å². The van der Waals surface area contributed by atoms with Crippen LogP contribution in [0.1, 0.15) is 18.1 Å². The van der Waals surface area contributed by atoms with Crippen molar-refractivity contribution in [2.75, 3.05) is 0 Å². The normalized spacial score (nSPS) is 11.0. The number of hydrogen-bond acceptors (Lipinski definition) is 4. The van der Waals surface area contributed by atoms with E-state index in [4.69, 9.17) is 11.6 Å². The molecule has 1 amide bonds. The van der Waals surface area contributed by atoms with Gasteiger partial charge in [-0.3, -0.25) is 9.59 Å². The van der Waals surface area contributed by atoms with E-state index in [0.29, 0.717) is 22.8 Å². The molecule has 0 aliphatic rings. The predicted octanol–water partition coefficient (Wildman–Crippen LogP) is 3.09. The summed E-state index contributed by atoms with van der Waals surface area (Å²) in [5, 5.41) is 11.9. The molecule has 0 saturated carbocycles. The second kappa shape index (κ2) is 8.51. The van der Waals surface area contributed by atoms with E-state index in [2.05, 4.69) is 22.4 Å². The highest BCUT2D eigenvalue weighted by Crippen LogP contribution is 2.19. The van der Waals surface area contributed by atoms with Crippen molar-refractivity contribution in [3.05, 3.63) is 87.4 Å². The van der Waals surface area contributed by atoms with E-state index < -0.39 is 0 Å². The summed E-state index contributed by atoms with van der Waals surface area (Å²) in [7, 11) is 0. The number of hydrogen-bond donors (Lipinski definition) is 1. The van der Waals surface area contributed by atoms with Gasteiger partial charge in [-0.15, -0.1) is 0 Å². The predicted molar refractivity (Wildman–Crippen MR) is 115 cm³/mol. The van der Waals surface area contributed by atoms with Crippen LogP contribution in [-0.2, 0) is 24.3 Å². The first-order valence-electron chi connectivity index (χ1n) is 9.59. The molecule has 0 bridgehead atoms. The molecule has 8 heteroatoms. The summed E-state index contributed by atoms with van der Waals surface area (Å²) in [6.07, 6.45) is 2.40. The van der Waals surface area contributed by atoms with Gasteiger partial charge in [-0.05, 0) is 35.7 Å². The average molecular weight is 422 g/mol. The summed E-state index contributed by atoms with van der Waals surface area (Å²) in [4.78, 5) is 25.0. The average Bonchev–Trinajstić information content (AvgIpc) is 3.21. The molecule has 0 unspecified atom stereocenters. The molecular formula is C22H20ClN5O2. The van der Waals surface area contributed by atoms with Crippen LogP contribution in [0.3, 0.4) is 0 Å². The molecule has 0 atom stereocenters. The number of carbonyl (C=O) groups is 1. The first-order valence-corrected chi connectivity index (χ1v) is 9.97. The number of amides is 1. The highest BCUT2D eigenvalue weighted by Gasteiger charge is 2.12. The van der Waals surface area contributed by atoms with Gasteiger partial charge < -0.3 is 5.32 Å². The highest BCUT2D eigenvalue weighted by molar-refractivity contribution is 6.30. The molecule has 4 rings (SSSR count). The van der Waals surface area contributed by atoms with Gasteiger partial charge in [-0.1, -0.05) is 54.9 Å². The zero-order valence-electron chi connectivity index (χ0n) is 16.4. The molecule has 0 aliphatic carbocycles. The monoisotopic (exact) mass is 421 g/mol. The molecule has 7 nitrogen and oxygen atoms in total. The van der Waals surface area contributed by atoms with Crippen LogP contribution in [0.5, 0.6) is 0 Å². The summed E-state index contributed by atoms with van der Waals surface area (Å²) in [6, 6.07) is 17.0. The van der Waals surface area contributed by atoms with Crippen LogP contribution in [0.4, 0.5) is 0 Å². The van der Waals surface area contributed by atoms with Gasteiger partial charge in [0, 0.05) is 17.1 Å². The Bertz CT molecular complexity index is 1240. The van der Waals surface area contributed by atoms with Crippen molar-refractivity contribution in [3.8, 4) is 11.3 Å². The number of rotatable bonds is 6. The number of halogens is 1. The minimum absolute atomic E-state index is 0.172. The van der Waals surface area contributed by atoms with Crippen molar-refractivity contribution >= 4 is 23.0 Å². The fourth-order valence-electron chi connectivity index (χ4n) is 3.10. The minimum atomic E-state index is -0.372. The van der Waals surface area contributed by atoms with Crippen molar-refractivity contribution in [1.82, 2.24) is 24.7 Å². The number of aromatic nitrogens is 4. The third-order valence-corrected chi connectivity index (χ3v) is 5.10. The van der Waals surface area contributed by atoms with E-state index in [9.17, 15) is 9.59 Å². The molecule has 0 spiro atoms. The summed E-state index contributed by atoms with van der Waals surface area (Å²) in [6.45, 7) is 2.27. The molecule has 1 N–H and O–H groups in total. The molecule has 4 aromatic rings. The van der Waals surface area contributed by atoms with E-state index in [0.717, 1.165) is 22.2 Å². The number of aryl methyl sites for hydroxylation is 1. The Morgan fingerprint density at radius 2 is 1.77 bits per heavy atom. The summed E-state index contributed by atoms with van der Waals surface area (Å²) in [5.74, 6) is -0.307. The molecule has 0 fully saturated rings. The van der Waals surface area contributed by atoms with Crippen molar-refractivity contribution in [1.29, 1.82) is 0 Å². The lowest BCUT2D eigenvalue weighted by Gasteiger charge is -2.07. The van der Waals surface area contributed by atoms with Crippen LogP contribution in [0.25, 0.3) is 16.8 Å². The number of nitrogens with zero attached hydrogens (tertiary/aromatic N) is 4. The third kappa shape index (κ3) is 4.26. The van der Waals surface area contributed by atoms with Crippen molar-refractivity contribution in [2.24, 2.45) is 0 Å². The quantitative estimate of drug-likeness (QED) is 0.518. The Morgan fingerprint density at radius 3 is 2.47 bits per heavy atom. The Morgan fingerprint density at radius 1 is 1.07 bits per heavy atom. The van der Waals surface area contributed by atoms with Crippen molar-refractivity contribution in [2.45, 2.75) is 26.4 Å². The summed E-state index contributed by atoms with van der Waals surface area (Å²) in [5.41, 5.74) is 3.74. The number of nitrogens with one attached hydrogen (secondary N) is 1.